The van der Waals surface area contributed by atoms with Gasteiger partial charge in [0.2, 0.25) is 5.91 Å². The molecule has 1 aliphatic heterocycles. The predicted molar refractivity (Wildman–Crippen MR) is 102 cm³/mol. The lowest BCUT2D eigenvalue weighted by atomic mass is 10.00. The van der Waals surface area contributed by atoms with Gasteiger partial charge in [0.05, 0.1) is 19.3 Å². The van der Waals surface area contributed by atoms with Gasteiger partial charge in [-0.3, -0.25) is 9.69 Å². The third kappa shape index (κ3) is 4.48. The molecule has 0 spiro atoms. The molecule has 25 heavy (non-hydrogen) atoms. The maximum absolute atomic E-state index is 12.4. The number of methoxy groups -OCH3 is 1. The molecule has 0 radical (unpaired) electrons. The number of aryl methyl sites for hydroxylation is 1. The minimum Gasteiger partial charge on any atom is -0.495 e. The van der Waals surface area contributed by atoms with Gasteiger partial charge in [-0.2, -0.15) is 0 Å². The molecule has 1 amide bonds. The second-order valence-corrected chi connectivity index (χ2v) is 6.33. The maximum Gasteiger partial charge on any atom is 0.238 e. The third-order valence-corrected chi connectivity index (χ3v) is 4.43. The maximum atomic E-state index is 12.4. The summed E-state index contributed by atoms with van der Waals surface area (Å²) < 4.78 is 5.32. The van der Waals surface area contributed by atoms with Gasteiger partial charge in [-0.15, -0.1) is 0 Å². The predicted octanol–water partition coefficient (Wildman–Crippen LogP) is 3.73. The largest absolute Gasteiger partial charge is 0.495 e. The first-order chi connectivity index (χ1) is 12.2. The van der Waals surface area contributed by atoms with Gasteiger partial charge < -0.3 is 10.1 Å². The minimum atomic E-state index is -0.0135. The number of nitrogens with one attached hydrogen (secondary N) is 1. The summed E-state index contributed by atoms with van der Waals surface area (Å²) in [5.74, 6) is 0.671. The van der Waals surface area contributed by atoms with E-state index in [1.165, 1.54) is 11.1 Å². The molecule has 0 aromatic heterocycles. The highest BCUT2D eigenvalue weighted by atomic mass is 16.5. The van der Waals surface area contributed by atoms with Gasteiger partial charge in [-0.25, -0.2) is 0 Å². The number of carbonyl (C=O) groups is 1. The molecule has 1 aliphatic rings. The highest BCUT2D eigenvalue weighted by Crippen LogP contribution is 2.25. The van der Waals surface area contributed by atoms with E-state index >= 15 is 0 Å². The first-order valence-corrected chi connectivity index (χ1v) is 8.57. The Morgan fingerprint density at radius 1 is 1.20 bits per heavy atom. The van der Waals surface area contributed by atoms with Crippen molar-refractivity contribution >= 4 is 17.2 Å². The van der Waals surface area contributed by atoms with Crippen molar-refractivity contribution in [2.24, 2.45) is 0 Å². The zero-order valence-corrected chi connectivity index (χ0v) is 14.8. The number of hydrogen-bond acceptors (Lipinski definition) is 3. The smallest absolute Gasteiger partial charge is 0.238 e. The molecular weight excluding hydrogens is 312 g/mol. The average Bonchev–Trinajstić information content (AvgIpc) is 2.63. The van der Waals surface area contributed by atoms with Crippen molar-refractivity contribution in [2.45, 2.75) is 13.3 Å². The second kappa shape index (κ2) is 7.99. The minimum absolute atomic E-state index is 0.0135. The zero-order valence-electron chi connectivity index (χ0n) is 14.8. The molecule has 1 N–H and O–H groups in total. The van der Waals surface area contributed by atoms with Crippen LogP contribution in [0.4, 0.5) is 5.69 Å². The number of hydrogen-bond donors (Lipinski definition) is 1. The average molecular weight is 336 g/mol. The Hall–Kier alpha value is -2.59. The molecule has 130 valence electrons. The standard InChI is InChI=1S/C21H24N2O2/c1-16-8-9-20(25-2)19(14-16)22-21(24)15-23-12-10-18(11-13-23)17-6-4-3-5-7-17/h3-10,14H,11-13,15H2,1-2H3,(H,22,24). The Morgan fingerprint density at radius 2 is 2.00 bits per heavy atom. The second-order valence-electron chi connectivity index (χ2n) is 6.33. The normalized spacial score (nSPS) is 14.7. The van der Waals surface area contributed by atoms with Crippen molar-refractivity contribution in [1.82, 2.24) is 4.90 Å². The molecule has 0 atom stereocenters. The molecule has 0 aliphatic carbocycles. The van der Waals surface area contributed by atoms with E-state index in [1.807, 2.05) is 31.2 Å². The summed E-state index contributed by atoms with van der Waals surface area (Å²) in [6, 6.07) is 16.2. The van der Waals surface area contributed by atoms with Crippen LogP contribution in [0.5, 0.6) is 5.75 Å². The van der Waals surface area contributed by atoms with Crippen LogP contribution in [0.2, 0.25) is 0 Å². The number of amides is 1. The third-order valence-electron chi connectivity index (χ3n) is 4.43. The van der Waals surface area contributed by atoms with Crippen LogP contribution in [0.1, 0.15) is 17.5 Å². The van der Waals surface area contributed by atoms with Gasteiger partial charge in [0, 0.05) is 13.1 Å². The van der Waals surface area contributed by atoms with E-state index in [0.29, 0.717) is 12.3 Å². The lowest BCUT2D eigenvalue weighted by Gasteiger charge is -2.26. The van der Waals surface area contributed by atoms with Crippen molar-refractivity contribution in [2.75, 3.05) is 32.1 Å². The summed E-state index contributed by atoms with van der Waals surface area (Å²) in [5, 5.41) is 2.97. The van der Waals surface area contributed by atoms with Gasteiger partial charge in [-0.05, 0) is 42.2 Å². The van der Waals surface area contributed by atoms with Gasteiger partial charge in [-0.1, -0.05) is 42.5 Å². The van der Waals surface area contributed by atoms with Crippen LogP contribution in [0, 0.1) is 6.92 Å². The Labute approximate surface area is 149 Å². The van der Waals surface area contributed by atoms with E-state index in [9.17, 15) is 4.79 Å². The van der Waals surface area contributed by atoms with Crippen LogP contribution < -0.4 is 10.1 Å². The fourth-order valence-corrected chi connectivity index (χ4v) is 3.08. The summed E-state index contributed by atoms with van der Waals surface area (Å²) in [6.07, 6.45) is 3.18. The number of nitrogens with zero attached hydrogens (tertiary/aromatic N) is 1. The Kier molecular flexibility index (Phi) is 5.51. The van der Waals surface area contributed by atoms with Crippen LogP contribution in [-0.4, -0.2) is 37.6 Å². The topological polar surface area (TPSA) is 41.6 Å². The summed E-state index contributed by atoms with van der Waals surface area (Å²) in [5.41, 5.74) is 4.45. The fourth-order valence-electron chi connectivity index (χ4n) is 3.08. The van der Waals surface area contributed by atoms with E-state index < -0.39 is 0 Å². The number of ether oxygens (including phenoxy) is 1. The summed E-state index contributed by atoms with van der Waals surface area (Å²) in [4.78, 5) is 14.5. The summed E-state index contributed by atoms with van der Waals surface area (Å²) in [6.45, 7) is 4.06. The molecule has 0 bridgehead atoms. The SMILES string of the molecule is COc1ccc(C)cc1NC(=O)CN1CC=C(c2ccccc2)CC1. The number of benzene rings is 2. The molecule has 0 unspecified atom stereocenters. The molecule has 4 heteroatoms. The molecule has 4 nitrogen and oxygen atoms in total. The monoisotopic (exact) mass is 336 g/mol. The van der Waals surface area contributed by atoms with E-state index in [4.69, 9.17) is 4.74 Å². The van der Waals surface area contributed by atoms with Crippen LogP contribution >= 0.6 is 0 Å². The van der Waals surface area contributed by atoms with Crippen LogP contribution in [0.25, 0.3) is 5.57 Å². The summed E-state index contributed by atoms with van der Waals surface area (Å²) >= 11 is 0. The van der Waals surface area contributed by atoms with E-state index in [0.717, 1.165) is 30.8 Å². The molecule has 2 aromatic carbocycles. The van der Waals surface area contributed by atoms with Gasteiger partial charge >= 0.3 is 0 Å². The molecule has 0 fully saturated rings. The number of anilines is 1. The van der Waals surface area contributed by atoms with Crippen molar-refractivity contribution in [3.05, 3.63) is 65.7 Å². The van der Waals surface area contributed by atoms with Crippen LogP contribution in [0.15, 0.2) is 54.6 Å². The summed E-state index contributed by atoms with van der Waals surface area (Å²) in [7, 11) is 1.61. The number of carbonyl (C=O) groups excluding carboxylic acids is 1. The fraction of sp³-hybridized carbons (Fsp3) is 0.286. The Morgan fingerprint density at radius 3 is 2.68 bits per heavy atom. The molecule has 2 aromatic rings. The first kappa shape index (κ1) is 17.2. The van der Waals surface area contributed by atoms with Gasteiger partial charge in [0.25, 0.3) is 0 Å². The zero-order chi connectivity index (χ0) is 17.6. The molecule has 1 heterocycles. The van der Waals surface area contributed by atoms with Gasteiger partial charge in [0.15, 0.2) is 0 Å². The molecule has 0 saturated heterocycles. The molecule has 3 rings (SSSR count). The van der Waals surface area contributed by atoms with Crippen molar-refractivity contribution in [1.29, 1.82) is 0 Å². The first-order valence-electron chi connectivity index (χ1n) is 8.57. The van der Waals surface area contributed by atoms with Crippen molar-refractivity contribution < 1.29 is 9.53 Å². The lowest BCUT2D eigenvalue weighted by molar-refractivity contribution is -0.117. The highest BCUT2D eigenvalue weighted by molar-refractivity contribution is 5.93. The quantitative estimate of drug-likeness (QED) is 0.904. The Bertz CT molecular complexity index is 769. The van der Waals surface area contributed by atoms with Crippen molar-refractivity contribution in [3.8, 4) is 5.75 Å². The van der Waals surface area contributed by atoms with Crippen molar-refractivity contribution in [3.63, 3.8) is 0 Å². The van der Waals surface area contributed by atoms with Crippen LogP contribution in [0.3, 0.4) is 0 Å². The molecule has 0 saturated carbocycles. The lowest BCUT2D eigenvalue weighted by Crippen LogP contribution is -2.36. The van der Waals surface area contributed by atoms with E-state index in [1.54, 1.807) is 7.11 Å². The number of rotatable bonds is 5. The van der Waals surface area contributed by atoms with E-state index in [2.05, 4.69) is 40.6 Å². The van der Waals surface area contributed by atoms with Crippen LogP contribution in [-0.2, 0) is 4.79 Å². The Balaban J connectivity index is 1.58. The van der Waals surface area contributed by atoms with Gasteiger partial charge in [0.1, 0.15) is 5.75 Å². The molecular formula is C21H24N2O2. The highest BCUT2D eigenvalue weighted by Gasteiger charge is 2.16. The van der Waals surface area contributed by atoms with E-state index in [-0.39, 0.29) is 5.91 Å².